The SMILES string of the molecule is CN1CCC(n2ccc3cc(C(=O)O)ccc3c2=O)CC1. The van der Waals surface area contributed by atoms with Crippen LogP contribution in [0.5, 0.6) is 0 Å². The third kappa shape index (κ3) is 2.56. The number of fused-ring (bicyclic) bond motifs is 1. The second-order valence-corrected chi connectivity index (χ2v) is 5.67. The maximum atomic E-state index is 12.6. The van der Waals surface area contributed by atoms with Crippen molar-refractivity contribution < 1.29 is 9.90 Å². The standard InChI is InChI=1S/C16H18N2O3/c1-17-7-5-13(6-8-17)18-9-4-11-10-12(16(20)21)2-3-14(11)15(18)19/h2-4,9-10,13H,5-8H2,1H3,(H,20,21). The number of carboxylic acid groups (broad SMARTS) is 1. The third-order valence-corrected chi connectivity index (χ3v) is 4.26. The maximum absolute atomic E-state index is 12.6. The number of pyridine rings is 1. The van der Waals surface area contributed by atoms with Gasteiger partial charge in [-0.05, 0) is 62.6 Å². The number of likely N-dealkylation sites (tertiary alicyclic amines) is 1. The van der Waals surface area contributed by atoms with E-state index in [4.69, 9.17) is 5.11 Å². The summed E-state index contributed by atoms with van der Waals surface area (Å²) in [4.78, 5) is 25.8. The predicted octanol–water partition coefficient (Wildman–Crippen LogP) is 1.97. The first-order chi connectivity index (χ1) is 10.1. The Morgan fingerprint density at radius 2 is 1.95 bits per heavy atom. The van der Waals surface area contributed by atoms with Crippen molar-refractivity contribution in [3.05, 3.63) is 46.4 Å². The van der Waals surface area contributed by atoms with E-state index in [1.165, 1.54) is 6.07 Å². The summed E-state index contributed by atoms with van der Waals surface area (Å²) in [6, 6.07) is 6.73. The molecule has 1 aliphatic rings. The number of nitrogens with zero attached hydrogens (tertiary/aromatic N) is 2. The monoisotopic (exact) mass is 286 g/mol. The van der Waals surface area contributed by atoms with Crippen LogP contribution in [0.4, 0.5) is 0 Å². The second-order valence-electron chi connectivity index (χ2n) is 5.67. The Balaban J connectivity index is 2.02. The lowest BCUT2D eigenvalue weighted by molar-refractivity contribution is 0.0697. The van der Waals surface area contributed by atoms with Crippen molar-refractivity contribution in [2.24, 2.45) is 0 Å². The van der Waals surface area contributed by atoms with Crippen LogP contribution in [0, 0.1) is 0 Å². The van der Waals surface area contributed by atoms with Gasteiger partial charge in [-0.25, -0.2) is 4.79 Å². The van der Waals surface area contributed by atoms with Gasteiger partial charge in [-0.2, -0.15) is 0 Å². The summed E-state index contributed by atoms with van der Waals surface area (Å²) in [5.74, 6) is -0.976. The predicted molar refractivity (Wildman–Crippen MR) is 80.9 cm³/mol. The molecular weight excluding hydrogens is 268 g/mol. The molecule has 1 saturated heterocycles. The highest BCUT2D eigenvalue weighted by molar-refractivity contribution is 5.94. The van der Waals surface area contributed by atoms with Gasteiger partial charge in [0.1, 0.15) is 0 Å². The molecule has 0 bridgehead atoms. The zero-order chi connectivity index (χ0) is 15.0. The van der Waals surface area contributed by atoms with Crippen LogP contribution in [0.3, 0.4) is 0 Å². The molecule has 21 heavy (non-hydrogen) atoms. The van der Waals surface area contributed by atoms with Gasteiger partial charge < -0.3 is 14.6 Å². The Morgan fingerprint density at radius 1 is 1.24 bits per heavy atom. The van der Waals surface area contributed by atoms with E-state index in [1.807, 2.05) is 6.07 Å². The maximum Gasteiger partial charge on any atom is 0.335 e. The van der Waals surface area contributed by atoms with E-state index < -0.39 is 5.97 Å². The molecule has 1 aromatic carbocycles. The summed E-state index contributed by atoms with van der Waals surface area (Å²) < 4.78 is 1.80. The summed E-state index contributed by atoms with van der Waals surface area (Å²) in [5.41, 5.74) is 0.179. The van der Waals surface area contributed by atoms with Gasteiger partial charge in [-0.3, -0.25) is 4.79 Å². The molecule has 2 aromatic rings. The van der Waals surface area contributed by atoms with Crippen LogP contribution in [-0.4, -0.2) is 40.7 Å². The number of aromatic carboxylic acids is 1. The van der Waals surface area contributed by atoms with Crippen molar-refractivity contribution in [1.29, 1.82) is 0 Å². The lowest BCUT2D eigenvalue weighted by Gasteiger charge is -2.30. The first-order valence-electron chi connectivity index (χ1n) is 7.13. The normalized spacial score (nSPS) is 17.2. The number of carbonyl (C=O) groups is 1. The minimum absolute atomic E-state index is 0.0287. The molecule has 0 saturated carbocycles. The number of rotatable bonds is 2. The third-order valence-electron chi connectivity index (χ3n) is 4.26. The van der Waals surface area contributed by atoms with Crippen LogP contribution in [0.1, 0.15) is 29.2 Å². The van der Waals surface area contributed by atoms with Gasteiger partial charge in [0, 0.05) is 17.6 Å². The van der Waals surface area contributed by atoms with Crippen LogP contribution in [0.15, 0.2) is 35.3 Å². The molecular formula is C16H18N2O3. The molecule has 1 N–H and O–H groups in total. The average molecular weight is 286 g/mol. The molecule has 0 amide bonds. The first kappa shape index (κ1) is 13.8. The van der Waals surface area contributed by atoms with Crippen molar-refractivity contribution in [2.45, 2.75) is 18.9 Å². The number of benzene rings is 1. The molecule has 5 heteroatoms. The van der Waals surface area contributed by atoms with Crippen LogP contribution < -0.4 is 5.56 Å². The van der Waals surface area contributed by atoms with Gasteiger partial charge in [-0.1, -0.05) is 0 Å². The van der Waals surface area contributed by atoms with E-state index in [0.29, 0.717) is 10.8 Å². The minimum Gasteiger partial charge on any atom is -0.478 e. The van der Waals surface area contributed by atoms with Crippen molar-refractivity contribution in [3.63, 3.8) is 0 Å². The van der Waals surface area contributed by atoms with Crippen molar-refractivity contribution in [3.8, 4) is 0 Å². The van der Waals surface area contributed by atoms with E-state index in [-0.39, 0.29) is 17.2 Å². The van der Waals surface area contributed by atoms with Gasteiger partial charge in [0.05, 0.1) is 5.56 Å². The summed E-state index contributed by atoms with van der Waals surface area (Å²) in [6.45, 7) is 1.99. The van der Waals surface area contributed by atoms with Crippen LogP contribution in [0.25, 0.3) is 10.8 Å². The highest BCUT2D eigenvalue weighted by Crippen LogP contribution is 2.21. The molecule has 110 valence electrons. The summed E-state index contributed by atoms with van der Waals surface area (Å²) >= 11 is 0. The van der Waals surface area contributed by atoms with E-state index in [9.17, 15) is 9.59 Å². The van der Waals surface area contributed by atoms with Gasteiger partial charge in [0.2, 0.25) is 0 Å². The number of aromatic nitrogens is 1. The number of piperidine rings is 1. The van der Waals surface area contributed by atoms with Gasteiger partial charge in [0.25, 0.3) is 5.56 Å². The first-order valence-corrected chi connectivity index (χ1v) is 7.13. The molecule has 5 nitrogen and oxygen atoms in total. The molecule has 0 atom stereocenters. The molecule has 1 aliphatic heterocycles. The molecule has 0 spiro atoms. The lowest BCUT2D eigenvalue weighted by atomic mass is 10.0. The molecule has 2 heterocycles. The largest absolute Gasteiger partial charge is 0.478 e. The molecule has 1 fully saturated rings. The van der Waals surface area contributed by atoms with Gasteiger partial charge in [-0.15, -0.1) is 0 Å². The van der Waals surface area contributed by atoms with Crippen molar-refractivity contribution in [2.75, 3.05) is 20.1 Å². The molecule has 3 rings (SSSR count). The topological polar surface area (TPSA) is 62.5 Å². The van der Waals surface area contributed by atoms with E-state index in [0.717, 1.165) is 25.9 Å². The zero-order valence-corrected chi connectivity index (χ0v) is 12.0. The Bertz CT molecular complexity index is 743. The highest BCUT2D eigenvalue weighted by atomic mass is 16.4. The quantitative estimate of drug-likeness (QED) is 0.916. The van der Waals surface area contributed by atoms with Crippen LogP contribution in [0.2, 0.25) is 0 Å². The number of hydrogen-bond donors (Lipinski definition) is 1. The lowest BCUT2D eigenvalue weighted by Crippen LogP contribution is -2.35. The fourth-order valence-corrected chi connectivity index (χ4v) is 2.96. The molecule has 0 unspecified atom stereocenters. The molecule has 0 aliphatic carbocycles. The van der Waals surface area contributed by atoms with Crippen LogP contribution in [-0.2, 0) is 0 Å². The Hall–Kier alpha value is -2.14. The fourth-order valence-electron chi connectivity index (χ4n) is 2.96. The smallest absolute Gasteiger partial charge is 0.335 e. The van der Waals surface area contributed by atoms with Gasteiger partial charge in [0.15, 0.2) is 0 Å². The highest BCUT2D eigenvalue weighted by Gasteiger charge is 2.19. The zero-order valence-electron chi connectivity index (χ0n) is 12.0. The van der Waals surface area contributed by atoms with E-state index >= 15 is 0 Å². The summed E-state index contributed by atoms with van der Waals surface area (Å²) in [6.07, 6.45) is 3.73. The van der Waals surface area contributed by atoms with Crippen LogP contribution >= 0.6 is 0 Å². The second kappa shape index (κ2) is 5.33. The molecule has 0 radical (unpaired) electrons. The average Bonchev–Trinajstić information content (AvgIpc) is 2.48. The van der Waals surface area contributed by atoms with E-state index in [1.54, 1.807) is 22.9 Å². The van der Waals surface area contributed by atoms with Crippen molar-refractivity contribution >= 4 is 16.7 Å². The Labute approximate surface area is 122 Å². The number of hydrogen-bond acceptors (Lipinski definition) is 3. The summed E-state index contributed by atoms with van der Waals surface area (Å²) in [7, 11) is 2.09. The fraction of sp³-hybridized carbons (Fsp3) is 0.375. The Kier molecular flexibility index (Phi) is 3.51. The summed E-state index contributed by atoms with van der Waals surface area (Å²) in [5, 5.41) is 10.3. The van der Waals surface area contributed by atoms with Gasteiger partial charge >= 0.3 is 5.97 Å². The minimum atomic E-state index is -0.976. The Morgan fingerprint density at radius 3 is 2.62 bits per heavy atom. The van der Waals surface area contributed by atoms with E-state index in [2.05, 4.69) is 11.9 Å². The van der Waals surface area contributed by atoms with Crippen molar-refractivity contribution in [1.82, 2.24) is 9.47 Å². The number of carboxylic acids is 1. The molecule has 1 aromatic heterocycles.